The standard InChI is InChI=1S/C16H27ClN2/c1-5-12(3)11-19(6-2)16-8-7-15(17)10-14(16)9-13(4)18/h7-8,10,12-13H,5-6,9,11,18H2,1-4H3. The quantitative estimate of drug-likeness (QED) is 0.816. The van der Waals surface area contributed by atoms with E-state index in [4.69, 9.17) is 17.3 Å². The largest absolute Gasteiger partial charge is 0.371 e. The highest BCUT2D eigenvalue weighted by Gasteiger charge is 2.13. The Kier molecular flexibility index (Phi) is 6.67. The van der Waals surface area contributed by atoms with Crippen molar-refractivity contribution in [2.24, 2.45) is 11.7 Å². The molecule has 0 bridgehead atoms. The number of benzene rings is 1. The zero-order valence-electron chi connectivity index (χ0n) is 12.6. The molecule has 108 valence electrons. The number of hydrogen-bond donors (Lipinski definition) is 1. The van der Waals surface area contributed by atoms with Crippen LogP contribution < -0.4 is 10.6 Å². The number of nitrogens with zero attached hydrogens (tertiary/aromatic N) is 1. The van der Waals surface area contributed by atoms with E-state index in [-0.39, 0.29) is 6.04 Å². The first-order valence-corrected chi connectivity index (χ1v) is 7.64. The number of anilines is 1. The van der Waals surface area contributed by atoms with E-state index in [9.17, 15) is 0 Å². The van der Waals surface area contributed by atoms with Crippen LogP contribution in [0.3, 0.4) is 0 Å². The van der Waals surface area contributed by atoms with Gasteiger partial charge in [-0.05, 0) is 49.9 Å². The van der Waals surface area contributed by atoms with Crippen LogP contribution in [0.5, 0.6) is 0 Å². The van der Waals surface area contributed by atoms with Crippen LogP contribution >= 0.6 is 11.6 Å². The summed E-state index contributed by atoms with van der Waals surface area (Å²) in [5.74, 6) is 0.693. The molecular formula is C16H27ClN2. The molecule has 0 spiro atoms. The van der Waals surface area contributed by atoms with Gasteiger partial charge >= 0.3 is 0 Å². The summed E-state index contributed by atoms with van der Waals surface area (Å²) < 4.78 is 0. The first-order valence-electron chi connectivity index (χ1n) is 7.26. The lowest BCUT2D eigenvalue weighted by Crippen LogP contribution is -2.30. The van der Waals surface area contributed by atoms with E-state index in [1.807, 2.05) is 13.0 Å². The highest BCUT2D eigenvalue weighted by molar-refractivity contribution is 6.30. The zero-order valence-corrected chi connectivity index (χ0v) is 13.4. The minimum atomic E-state index is 0.152. The normalized spacial score (nSPS) is 14.2. The minimum Gasteiger partial charge on any atom is -0.371 e. The van der Waals surface area contributed by atoms with E-state index in [1.165, 1.54) is 17.7 Å². The Labute approximate surface area is 122 Å². The van der Waals surface area contributed by atoms with E-state index in [0.29, 0.717) is 5.92 Å². The van der Waals surface area contributed by atoms with Crippen molar-refractivity contribution in [3.8, 4) is 0 Å². The van der Waals surface area contributed by atoms with Gasteiger partial charge in [-0.25, -0.2) is 0 Å². The fraction of sp³-hybridized carbons (Fsp3) is 0.625. The molecule has 0 aromatic heterocycles. The van der Waals surface area contributed by atoms with Gasteiger partial charge in [0.1, 0.15) is 0 Å². The number of hydrogen-bond acceptors (Lipinski definition) is 2. The summed E-state index contributed by atoms with van der Waals surface area (Å²) >= 11 is 6.12. The molecule has 1 aromatic rings. The molecule has 0 aliphatic carbocycles. The van der Waals surface area contributed by atoms with Crippen molar-refractivity contribution < 1.29 is 0 Å². The maximum absolute atomic E-state index is 6.12. The van der Waals surface area contributed by atoms with Gasteiger partial charge < -0.3 is 10.6 Å². The Morgan fingerprint density at radius 3 is 2.47 bits per heavy atom. The first-order chi connectivity index (χ1) is 8.97. The van der Waals surface area contributed by atoms with Crippen LogP contribution in [0.2, 0.25) is 5.02 Å². The minimum absolute atomic E-state index is 0.152. The molecule has 0 aliphatic heterocycles. The average Bonchev–Trinajstić information content (AvgIpc) is 2.35. The Morgan fingerprint density at radius 1 is 1.26 bits per heavy atom. The van der Waals surface area contributed by atoms with Gasteiger partial charge in [0.25, 0.3) is 0 Å². The monoisotopic (exact) mass is 282 g/mol. The van der Waals surface area contributed by atoms with Gasteiger partial charge in [-0.1, -0.05) is 31.9 Å². The van der Waals surface area contributed by atoms with Crippen LogP contribution in [-0.2, 0) is 6.42 Å². The molecule has 0 aliphatic rings. The van der Waals surface area contributed by atoms with E-state index in [1.54, 1.807) is 0 Å². The summed E-state index contributed by atoms with van der Waals surface area (Å²) in [5, 5.41) is 0.791. The number of rotatable bonds is 7. The average molecular weight is 283 g/mol. The third-order valence-electron chi connectivity index (χ3n) is 3.53. The fourth-order valence-corrected chi connectivity index (χ4v) is 2.47. The summed E-state index contributed by atoms with van der Waals surface area (Å²) in [6.07, 6.45) is 2.07. The molecule has 0 saturated carbocycles. The Morgan fingerprint density at radius 2 is 1.95 bits per heavy atom. The second-order valence-corrected chi connectivity index (χ2v) is 5.94. The summed E-state index contributed by atoms with van der Waals surface area (Å²) in [7, 11) is 0. The van der Waals surface area contributed by atoms with Gasteiger partial charge in [-0.2, -0.15) is 0 Å². The third kappa shape index (κ3) is 5.04. The summed E-state index contributed by atoms with van der Waals surface area (Å²) in [6, 6.07) is 6.31. The Balaban J connectivity index is 3.01. The van der Waals surface area contributed by atoms with Crippen LogP contribution in [0.4, 0.5) is 5.69 Å². The molecule has 2 nitrogen and oxygen atoms in total. The maximum atomic E-state index is 6.12. The maximum Gasteiger partial charge on any atom is 0.0410 e. The van der Waals surface area contributed by atoms with E-state index in [2.05, 4.69) is 37.8 Å². The molecule has 1 rings (SSSR count). The molecule has 0 heterocycles. The van der Waals surface area contributed by atoms with Crippen molar-refractivity contribution >= 4 is 17.3 Å². The van der Waals surface area contributed by atoms with Crippen molar-refractivity contribution in [3.63, 3.8) is 0 Å². The molecule has 0 radical (unpaired) electrons. The fourth-order valence-electron chi connectivity index (χ4n) is 2.28. The van der Waals surface area contributed by atoms with Gasteiger partial charge in [0, 0.05) is 29.8 Å². The predicted molar refractivity (Wildman–Crippen MR) is 86.1 cm³/mol. The number of nitrogens with two attached hydrogens (primary N) is 1. The van der Waals surface area contributed by atoms with Crippen molar-refractivity contribution in [1.82, 2.24) is 0 Å². The highest BCUT2D eigenvalue weighted by atomic mass is 35.5. The van der Waals surface area contributed by atoms with Crippen molar-refractivity contribution in [2.75, 3.05) is 18.0 Å². The van der Waals surface area contributed by atoms with Crippen molar-refractivity contribution in [3.05, 3.63) is 28.8 Å². The van der Waals surface area contributed by atoms with Crippen LogP contribution in [0.1, 0.15) is 39.7 Å². The molecule has 1 aromatic carbocycles. The van der Waals surface area contributed by atoms with Crippen LogP contribution in [0.25, 0.3) is 0 Å². The lowest BCUT2D eigenvalue weighted by molar-refractivity contribution is 0.546. The zero-order chi connectivity index (χ0) is 14.4. The van der Waals surface area contributed by atoms with Gasteiger partial charge in [0.2, 0.25) is 0 Å². The molecule has 2 atom stereocenters. The highest BCUT2D eigenvalue weighted by Crippen LogP contribution is 2.26. The Hall–Kier alpha value is -0.730. The van der Waals surface area contributed by atoms with Gasteiger partial charge in [0.05, 0.1) is 0 Å². The lowest BCUT2D eigenvalue weighted by Gasteiger charge is -2.29. The van der Waals surface area contributed by atoms with E-state index < -0.39 is 0 Å². The van der Waals surface area contributed by atoms with Gasteiger partial charge in [-0.15, -0.1) is 0 Å². The Bertz CT molecular complexity index is 390. The number of halogens is 1. The van der Waals surface area contributed by atoms with Gasteiger partial charge in [-0.3, -0.25) is 0 Å². The molecule has 0 saturated heterocycles. The van der Waals surface area contributed by atoms with E-state index in [0.717, 1.165) is 24.5 Å². The molecular weight excluding hydrogens is 256 g/mol. The molecule has 2 unspecified atom stereocenters. The third-order valence-corrected chi connectivity index (χ3v) is 3.77. The second kappa shape index (κ2) is 7.76. The molecule has 0 fully saturated rings. The SMILES string of the molecule is CCC(C)CN(CC)c1ccc(Cl)cc1CC(C)N. The van der Waals surface area contributed by atoms with Crippen LogP contribution in [0, 0.1) is 5.92 Å². The molecule has 0 amide bonds. The molecule has 3 heteroatoms. The topological polar surface area (TPSA) is 29.3 Å². The summed E-state index contributed by atoms with van der Waals surface area (Å²) in [6.45, 7) is 10.9. The lowest BCUT2D eigenvalue weighted by atomic mass is 10.0. The summed E-state index contributed by atoms with van der Waals surface area (Å²) in [4.78, 5) is 2.43. The van der Waals surface area contributed by atoms with E-state index >= 15 is 0 Å². The molecule has 19 heavy (non-hydrogen) atoms. The van der Waals surface area contributed by atoms with Crippen molar-refractivity contribution in [2.45, 2.75) is 46.6 Å². The van der Waals surface area contributed by atoms with Crippen LogP contribution in [-0.4, -0.2) is 19.1 Å². The van der Waals surface area contributed by atoms with Gasteiger partial charge in [0.15, 0.2) is 0 Å². The second-order valence-electron chi connectivity index (χ2n) is 5.51. The van der Waals surface area contributed by atoms with Crippen LogP contribution in [0.15, 0.2) is 18.2 Å². The first kappa shape index (κ1) is 16.3. The molecule has 2 N–H and O–H groups in total. The summed E-state index contributed by atoms with van der Waals surface area (Å²) in [5.41, 5.74) is 8.49. The smallest absolute Gasteiger partial charge is 0.0410 e. The predicted octanol–water partition coefficient (Wildman–Crippen LogP) is 4.10. The van der Waals surface area contributed by atoms with Crippen molar-refractivity contribution in [1.29, 1.82) is 0 Å².